The first-order valence-corrected chi connectivity index (χ1v) is 9.16. The number of nitrogens with zero attached hydrogens (tertiary/aromatic N) is 1. The maximum Gasteiger partial charge on any atom is 0.416 e. The summed E-state index contributed by atoms with van der Waals surface area (Å²) >= 11 is 0. The summed E-state index contributed by atoms with van der Waals surface area (Å²) in [6, 6.07) is 11.1. The van der Waals surface area contributed by atoms with E-state index in [0.29, 0.717) is 39.8 Å². The molecule has 8 heteroatoms. The summed E-state index contributed by atoms with van der Waals surface area (Å²) in [6.45, 7) is 3.62. The van der Waals surface area contributed by atoms with Crippen LogP contribution in [0.5, 0.6) is 5.88 Å². The minimum Gasteiger partial charge on any atom is -0.481 e. The lowest BCUT2D eigenvalue weighted by Crippen LogP contribution is -2.10. The number of nitrogens with one attached hydrogen (secondary N) is 2. The highest BCUT2D eigenvalue weighted by Gasteiger charge is 2.31. The Kier molecular flexibility index (Phi) is 6.14. The third-order valence-corrected chi connectivity index (χ3v) is 4.63. The van der Waals surface area contributed by atoms with Gasteiger partial charge in [-0.05, 0) is 67.4 Å². The third-order valence-electron chi connectivity index (χ3n) is 4.63. The van der Waals surface area contributed by atoms with Crippen molar-refractivity contribution in [1.29, 1.82) is 0 Å². The van der Waals surface area contributed by atoms with Gasteiger partial charge in [-0.3, -0.25) is 0 Å². The Morgan fingerprint density at radius 2 is 1.63 bits per heavy atom. The van der Waals surface area contributed by atoms with Crippen molar-refractivity contribution in [3.05, 3.63) is 76.7 Å². The van der Waals surface area contributed by atoms with Gasteiger partial charge in [0.25, 0.3) is 0 Å². The lowest BCUT2D eigenvalue weighted by molar-refractivity contribution is -0.137. The summed E-state index contributed by atoms with van der Waals surface area (Å²) in [5.74, 6) is 0.0705. The second-order valence-corrected chi connectivity index (χ2v) is 6.79. The van der Waals surface area contributed by atoms with E-state index >= 15 is 0 Å². The molecule has 0 aliphatic rings. The summed E-state index contributed by atoms with van der Waals surface area (Å²) < 4.78 is 58.2. The van der Waals surface area contributed by atoms with Gasteiger partial charge in [-0.25, -0.2) is 9.37 Å². The van der Waals surface area contributed by atoms with Crippen molar-refractivity contribution in [3.8, 4) is 5.88 Å². The predicted molar refractivity (Wildman–Crippen MR) is 109 cm³/mol. The van der Waals surface area contributed by atoms with E-state index in [-0.39, 0.29) is 12.4 Å². The zero-order valence-corrected chi connectivity index (χ0v) is 16.7. The van der Waals surface area contributed by atoms with Gasteiger partial charge in [-0.1, -0.05) is 0 Å². The van der Waals surface area contributed by atoms with E-state index in [1.54, 1.807) is 32.0 Å². The van der Waals surface area contributed by atoms with Crippen LogP contribution in [0.1, 0.15) is 22.4 Å². The van der Waals surface area contributed by atoms with E-state index < -0.39 is 11.7 Å². The monoisotopic (exact) mass is 419 g/mol. The molecule has 0 unspecified atom stereocenters. The smallest absolute Gasteiger partial charge is 0.416 e. The molecule has 0 bridgehead atoms. The van der Waals surface area contributed by atoms with Gasteiger partial charge in [-0.2, -0.15) is 13.2 Å². The first-order valence-electron chi connectivity index (χ1n) is 9.16. The van der Waals surface area contributed by atoms with Gasteiger partial charge in [0.15, 0.2) is 0 Å². The number of rotatable bonds is 6. The SMILES string of the molecule is COc1ccc(NCc2cc(C(F)(F)F)ccc2Nc2ccc(F)cc2C)c(C)n1. The van der Waals surface area contributed by atoms with Crippen LogP contribution >= 0.6 is 0 Å². The number of anilines is 3. The molecule has 0 saturated carbocycles. The van der Waals surface area contributed by atoms with Gasteiger partial charge < -0.3 is 15.4 Å². The van der Waals surface area contributed by atoms with E-state index in [9.17, 15) is 17.6 Å². The van der Waals surface area contributed by atoms with Crippen LogP contribution in [0.2, 0.25) is 0 Å². The number of halogens is 4. The molecular weight excluding hydrogens is 398 g/mol. The summed E-state index contributed by atoms with van der Waals surface area (Å²) in [5.41, 5.74) is 2.74. The normalized spacial score (nSPS) is 11.3. The third kappa shape index (κ3) is 5.00. The average Bonchev–Trinajstić information content (AvgIpc) is 2.69. The fraction of sp³-hybridized carbons (Fsp3) is 0.227. The fourth-order valence-electron chi connectivity index (χ4n) is 2.98. The number of alkyl halides is 3. The molecule has 0 aliphatic heterocycles. The Hall–Kier alpha value is -3.29. The van der Waals surface area contributed by atoms with E-state index in [1.165, 1.54) is 25.3 Å². The molecule has 1 heterocycles. The second-order valence-electron chi connectivity index (χ2n) is 6.79. The maximum atomic E-state index is 13.4. The van der Waals surface area contributed by atoms with Gasteiger partial charge in [0, 0.05) is 24.0 Å². The van der Waals surface area contributed by atoms with Crippen LogP contribution in [0.15, 0.2) is 48.5 Å². The van der Waals surface area contributed by atoms with Crippen LogP contribution in [0.25, 0.3) is 0 Å². The molecule has 0 aliphatic carbocycles. The quantitative estimate of drug-likeness (QED) is 0.466. The fourth-order valence-corrected chi connectivity index (χ4v) is 2.98. The molecule has 2 N–H and O–H groups in total. The Morgan fingerprint density at radius 3 is 2.27 bits per heavy atom. The van der Waals surface area contributed by atoms with Gasteiger partial charge in [0.05, 0.1) is 24.1 Å². The predicted octanol–water partition coefficient (Wildman–Crippen LogP) is 6.22. The first-order chi connectivity index (χ1) is 14.2. The van der Waals surface area contributed by atoms with Crippen LogP contribution in [-0.4, -0.2) is 12.1 Å². The topological polar surface area (TPSA) is 46.2 Å². The summed E-state index contributed by atoms with van der Waals surface area (Å²) in [7, 11) is 1.51. The lowest BCUT2D eigenvalue weighted by Gasteiger charge is -2.18. The zero-order valence-electron chi connectivity index (χ0n) is 16.7. The van der Waals surface area contributed by atoms with Crippen LogP contribution < -0.4 is 15.4 Å². The van der Waals surface area contributed by atoms with Crippen LogP contribution in [0.4, 0.5) is 34.6 Å². The summed E-state index contributed by atoms with van der Waals surface area (Å²) in [6.07, 6.45) is -4.46. The molecule has 0 amide bonds. The summed E-state index contributed by atoms with van der Waals surface area (Å²) in [5, 5.41) is 6.23. The van der Waals surface area contributed by atoms with Crippen molar-refractivity contribution >= 4 is 17.1 Å². The van der Waals surface area contributed by atoms with Crippen molar-refractivity contribution in [2.75, 3.05) is 17.7 Å². The molecule has 2 aromatic carbocycles. The molecule has 0 fully saturated rings. The number of aryl methyl sites for hydroxylation is 2. The van der Waals surface area contributed by atoms with E-state index in [2.05, 4.69) is 15.6 Å². The lowest BCUT2D eigenvalue weighted by atomic mass is 10.1. The molecule has 158 valence electrons. The molecule has 0 atom stereocenters. The number of benzene rings is 2. The molecule has 30 heavy (non-hydrogen) atoms. The van der Waals surface area contributed by atoms with Crippen molar-refractivity contribution in [1.82, 2.24) is 4.98 Å². The Labute approximate surface area is 171 Å². The number of aromatic nitrogens is 1. The molecule has 4 nitrogen and oxygen atoms in total. The van der Waals surface area contributed by atoms with E-state index in [0.717, 1.165) is 12.1 Å². The number of hydrogen-bond donors (Lipinski definition) is 2. The highest BCUT2D eigenvalue weighted by Crippen LogP contribution is 2.33. The van der Waals surface area contributed by atoms with Crippen molar-refractivity contribution in [3.63, 3.8) is 0 Å². The molecule has 0 radical (unpaired) electrons. The Balaban J connectivity index is 1.91. The minimum absolute atomic E-state index is 0.126. The molecule has 1 aromatic heterocycles. The molecule has 3 rings (SSSR count). The van der Waals surface area contributed by atoms with Crippen LogP contribution in [0, 0.1) is 19.7 Å². The maximum absolute atomic E-state index is 13.4. The highest BCUT2D eigenvalue weighted by molar-refractivity contribution is 5.67. The average molecular weight is 419 g/mol. The Bertz CT molecular complexity index is 1050. The minimum atomic E-state index is -4.46. The van der Waals surface area contributed by atoms with Gasteiger partial charge in [0.1, 0.15) is 5.82 Å². The molecule has 3 aromatic rings. The standard InChI is InChI=1S/C22H21F4N3O/c1-13-10-17(23)5-7-18(13)29-20-6-4-16(22(24,25)26)11-15(20)12-27-19-8-9-21(30-3)28-14(19)2/h4-11,27,29H,12H2,1-3H3. The van der Waals surface area contributed by atoms with Crippen molar-refractivity contribution < 1.29 is 22.3 Å². The number of pyridine rings is 1. The number of ether oxygens (including phenoxy) is 1. The van der Waals surface area contributed by atoms with Gasteiger partial charge in [-0.15, -0.1) is 0 Å². The summed E-state index contributed by atoms with van der Waals surface area (Å²) in [4.78, 5) is 4.25. The number of hydrogen-bond acceptors (Lipinski definition) is 4. The van der Waals surface area contributed by atoms with E-state index in [4.69, 9.17) is 4.74 Å². The number of methoxy groups -OCH3 is 1. The Morgan fingerprint density at radius 1 is 0.933 bits per heavy atom. The van der Waals surface area contributed by atoms with Crippen LogP contribution in [-0.2, 0) is 12.7 Å². The van der Waals surface area contributed by atoms with Gasteiger partial charge in [0.2, 0.25) is 5.88 Å². The van der Waals surface area contributed by atoms with Crippen molar-refractivity contribution in [2.45, 2.75) is 26.6 Å². The highest BCUT2D eigenvalue weighted by atomic mass is 19.4. The molecule has 0 spiro atoms. The second kappa shape index (κ2) is 8.61. The van der Waals surface area contributed by atoms with Gasteiger partial charge >= 0.3 is 6.18 Å². The van der Waals surface area contributed by atoms with Crippen molar-refractivity contribution in [2.24, 2.45) is 0 Å². The van der Waals surface area contributed by atoms with E-state index in [1.807, 2.05) is 0 Å². The largest absolute Gasteiger partial charge is 0.481 e. The molecule has 0 saturated heterocycles. The first kappa shape index (κ1) is 21.4. The zero-order chi connectivity index (χ0) is 21.9. The molecular formula is C22H21F4N3O. The van der Waals surface area contributed by atoms with Crippen LogP contribution in [0.3, 0.4) is 0 Å².